The minimum Gasteiger partial charge on any atom is -0.393 e. The maximum atomic E-state index is 9.41. The van der Waals surface area contributed by atoms with E-state index in [0.29, 0.717) is 11.8 Å². The molecule has 1 aliphatic carbocycles. The summed E-state index contributed by atoms with van der Waals surface area (Å²) in [6.45, 7) is 4.04. The van der Waals surface area contributed by atoms with Gasteiger partial charge in [-0.1, -0.05) is 24.3 Å². The first kappa shape index (κ1) is 8.76. The molecule has 1 aromatic rings. The number of hydrogen-bond donors (Lipinski definition) is 1. The number of aliphatic hydroxyl groups excluding tert-OH is 1. The zero-order chi connectivity index (χ0) is 9.42. The lowest BCUT2D eigenvalue weighted by atomic mass is 10.0. The zero-order valence-corrected chi connectivity index (χ0v) is 8.20. The van der Waals surface area contributed by atoms with Gasteiger partial charge < -0.3 is 5.11 Å². The van der Waals surface area contributed by atoms with Gasteiger partial charge in [-0.3, -0.25) is 0 Å². The molecule has 1 aromatic carbocycles. The first-order valence-electron chi connectivity index (χ1n) is 4.93. The summed E-state index contributed by atoms with van der Waals surface area (Å²) in [6.07, 6.45) is 1.01. The molecule has 1 N–H and O–H groups in total. The van der Waals surface area contributed by atoms with Crippen molar-refractivity contribution in [1.29, 1.82) is 0 Å². The highest BCUT2D eigenvalue weighted by Crippen LogP contribution is 2.50. The molecule has 70 valence electrons. The lowest BCUT2D eigenvalue weighted by molar-refractivity contribution is 0.169. The smallest absolute Gasteiger partial charge is 0.0546 e. The first-order valence-corrected chi connectivity index (χ1v) is 4.93. The second-order valence-electron chi connectivity index (χ2n) is 4.10. The average Bonchev–Trinajstić information content (AvgIpc) is 2.84. The van der Waals surface area contributed by atoms with Crippen LogP contribution in [0, 0.1) is 12.8 Å². The van der Waals surface area contributed by atoms with E-state index in [1.54, 1.807) is 0 Å². The Morgan fingerprint density at radius 3 is 2.62 bits per heavy atom. The van der Waals surface area contributed by atoms with E-state index in [9.17, 15) is 5.11 Å². The van der Waals surface area contributed by atoms with Gasteiger partial charge in [-0.05, 0) is 43.2 Å². The fourth-order valence-electron chi connectivity index (χ4n) is 2.11. The predicted molar refractivity (Wildman–Crippen MR) is 53.7 cm³/mol. The molecule has 2 rings (SSSR count). The Morgan fingerprint density at radius 1 is 1.38 bits per heavy atom. The molecule has 0 saturated heterocycles. The van der Waals surface area contributed by atoms with Crippen molar-refractivity contribution in [3.05, 3.63) is 35.4 Å². The van der Waals surface area contributed by atoms with Gasteiger partial charge in [0.2, 0.25) is 0 Å². The Hall–Kier alpha value is -0.820. The van der Waals surface area contributed by atoms with Crippen molar-refractivity contribution in [3.8, 4) is 0 Å². The Balaban J connectivity index is 2.16. The summed E-state index contributed by atoms with van der Waals surface area (Å²) in [4.78, 5) is 0. The summed E-state index contributed by atoms with van der Waals surface area (Å²) in [5.41, 5.74) is 2.78. The first-order chi connectivity index (χ1) is 6.20. The highest BCUT2D eigenvalue weighted by atomic mass is 16.3. The summed E-state index contributed by atoms with van der Waals surface area (Å²) in [6, 6.07) is 8.48. The normalized spacial score (nSPS) is 28.5. The van der Waals surface area contributed by atoms with E-state index >= 15 is 0 Å². The molecule has 0 aliphatic heterocycles. The summed E-state index contributed by atoms with van der Waals surface area (Å²) in [5.74, 6) is 1.11. The Morgan fingerprint density at radius 2 is 2.08 bits per heavy atom. The second-order valence-corrected chi connectivity index (χ2v) is 4.10. The third-order valence-electron chi connectivity index (χ3n) is 3.05. The van der Waals surface area contributed by atoms with Gasteiger partial charge in [0.1, 0.15) is 0 Å². The monoisotopic (exact) mass is 176 g/mol. The van der Waals surface area contributed by atoms with Gasteiger partial charge in [0.25, 0.3) is 0 Å². The molecule has 1 saturated carbocycles. The van der Waals surface area contributed by atoms with E-state index in [-0.39, 0.29) is 6.10 Å². The van der Waals surface area contributed by atoms with Gasteiger partial charge in [-0.25, -0.2) is 0 Å². The predicted octanol–water partition coefficient (Wildman–Crippen LogP) is 2.48. The minimum absolute atomic E-state index is 0.149. The van der Waals surface area contributed by atoms with Crippen LogP contribution in [-0.4, -0.2) is 11.2 Å². The van der Waals surface area contributed by atoms with Gasteiger partial charge in [0.05, 0.1) is 6.10 Å². The lowest BCUT2D eigenvalue weighted by Crippen LogP contribution is -2.03. The molecular formula is C12H16O. The molecule has 0 radical (unpaired) electrons. The van der Waals surface area contributed by atoms with Gasteiger partial charge in [0.15, 0.2) is 0 Å². The Kier molecular flexibility index (Phi) is 2.12. The van der Waals surface area contributed by atoms with E-state index in [4.69, 9.17) is 0 Å². The van der Waals surface area contributed by atoms with Gasteiger partial charge in [-0.15, -0.1) is 0 Å². The summed E-state index contributed by atoms with van der Waals surface area (Å²) >= 11 is 0. The van der Waals surface area contributed by atoms with Crippen LogP contribution in [0.15, 0.2) is 24.3 Å². The minimum atomic E-state index is -0.149. The van der Waals surface area contributed by atoms with Crippen LogP contribution in [0.1, 0.15) is 30.4 Å². The Bertz CT molecular complexity index is 304. The molecule has 0 aromatic heterocycles. The topological polar surface area (TPSA) is 20.2 Å². The van der Waals surface area contributed by atoms with Gasteiger partial charge in [-0.2, -0.15) is 0 Å². The standard InChI is InChI=1S/C12H16O/c1-8-5-3-4-6-10(8)12-7-11(12)9(2)13/h3-6,9,11-13H,7H2,1-2H3. The van der Waals surface area contributed by atoms with Crippen LogP contribution in [0.5, 0.6) is 0 Å². The summed E-state index contributed by atoms with van der Waals surface area (Å²) in [5, 5.41) is 9.41. The van der Waals surface area contributed by atoms with Crippen LogP contribution in [0.3, 0.4) is 0 Å². The van der Waals surface area contributed by atoms with E-state index in [2.05, 4.69) is 31.2 Å². The van der Waals surface area contributed by atoms with Crippen molar-refractivity contribution in [2.45, 2.75) is 32.3 Å². The third kappa shape index (κ3) is 1.61. The zero-order valence-electron chi connectivity index (χ0n) is 8.20. The molecule has 1 fully saturated rings. The maximum Gasteiger partial charge on any atom is 0.0546 e. The van der Waals surface area contributed by atoms with E-state index in [1.807, 2.05) is 6.92 Å². The Labute approximate surface area is 79.4 Å². The highest BCUT2D eigenvalue weighted by molar-refractivity contribution is 5.33. The van der Waals surface area contributed by atoms with Crippen molar-refractivity contribution >= 4 is 0 Å². The molecule has 0 spiro atoms. The number of aliphatic hydroxyl groups is 1. The largest absolute Gasteiger partial charge is 0.393 e. The van der Waals surface area contributed by atoms with E-state index < -0.39 is 0 Å². The third-order valence-corrected chi connectivity index (χ3v) is 3.05. The van der Waals surface area contributed by atoms with Crippen molar-refractivity contribution in [2.24, 2.45) is 5.92 Å². The van der Waals surface area contributed by atoms with Crippen LogP contribution >= 0.6 is 0 Å². The highest BCUT2D eigenvalue weighted by Gasteiger charge is 2.41. The summed E-state index contributed by atoms with van der Waals surface area (Å²) in [7, 11) is 0. The average molecular weight is 176 g/mol. The lowest BCUT2D eigenvalue weighted by Gasteiger charge is -2.05. The van der Waals surface area contributed by atoms with Crippen LogP contribution in [0.4, 0.5) is 0 Å². The van der Waals surface area contributed by atoms with Crippen molar-refractivity contribution in [1.82, 2.24) is 0 Å². The van der Waals surface area contributed by atoms with Crippen LogP contribution in [0.2, 0.25) is 0 Å². The molecule has 1 heteroatoms. The molecule has 1 nitrogen and oxygen atoms in total. The van der Waals surface area contributed by atoms with Crippen LogP contribution in [-0.2, 0) is 0 Å². The number of aryl methyl sites for hydroxylation is 1. The van der Waals surface area contributed by atoms with E-state index in [0.717, 1.165) is 6.42 Å². The maximum absolute atomic E-state index is 9.41. The molecule has 0 heterocycles. The molecule has 3 unspecified atom stereocenters. The van der Waals surface area contributed by atoms with Gasteiger partial charge in [0, 0.05) is 0 Å². The number of hydrogen-bond acceptors (Lipinski definition) is 1. The fraction of sp³-hybridized carbons (Fsp3) is 0.500. The second kappa shape index (κ2) is 3.15. The molecule has 13 heavy (non-hydrogen) atoms. The van der Waals surface area contributed by atoms with Gasteiger partial charge >= 0.3 is 0 Å². The molecule has 0 amide bonds. The van der Waals surface area contributed by atoms with Crippen molar-refractivity contribution in [3.63, 3.8) is 0 Å². The molecule has 3 atom stereocenters. The SMILES string of the molecule is Cc1ccccc1C1CC1C(C)O. The molecule has 0 bridgehead atoms. The van der Waals surface area contributed by atoms with Crippen molar-refractivity contribution < 1.29 is 5.11 Å². The van der Waals surface area contributed by atoms with Crippen LogP contribution < -0.4 is 0 Å². The number of rotatable bonds is 2. The van der Waals surface area contributed by atoms with E-state index in [1.165, 1.54) is 11.1 Å². The molecular weight excluding hydrogens is 160 g/mol. The fourth-order valence-corrected chi connectivity index (χ4v) is 2.11. The van der Waals surface area contributed by atoms with Crippen molar-refractivity contribution in [2.75, 3.05) is 0 Å². The summed E-state index contributed by atoms with van der Waals surface area (Å²) < 4.78 is 0. The van der Waals surface area contributed by atoms with Crippen LogP contribution in [0.25, 0.3) is 0 Å². The molecule has 1 aliphatic rings. The quantitative estimate of drug-likeness (QED) is 0.734. The number of benzene rings is 1.